The van der Waals surface area contributed by atoms with Gasteiger partial charge in [-0.3, -0.25) is 4.79 Å². The highest BCUT2D eigenvalue weighted by Gasteiger charge is 2.32. The van der Waals surface area contributed by atoms with Crippen molar-refractivity contribution in [3.05, 3.63) is 23.0 Å². The fourth-order valence-electron chi connectivity index (χ4n) is 4.35. The summed E-state index contributed by atoms with van der Waals surface area (Å²) >= 11 is 0. The first kappa shape index (κ1) is 23.0. The van der Waals surface area contributed by atoms with Gasteiger partial charge in [0, 0.05) is 24.7 Å². The average molecular weight is 435 g/mol. The molecular weight excluding hydrogens is 400 g/mol. The number of likely N-dealkylation sites (tertiary alicyclic amines) is 1. The van der Waals surface area contributed by atoms with E-state index in [9.17, 15) is 4.79 Å². The van der Waals surface area contributed by atoms with Crippen molar-refractivity contribution in [3.8, 4) is 0 Å². The second-order valence-electron chi connectivity index (χ2n) is 10.0. The van der Waals surface area contributed by atoms with E-state index in [1.165, 1.54) is 6.42 Å². The molecule has 0 bridgehead atoms. The van der Waals surface area contributed by atoms with E-state index in [0.29, 0.717) is 17.5 Å². The van der Waals surface area contributed by atoms with E-state index in [1.807, 2.05) is 18.0 Å². The third kappa shape index (κ3) is 5.14. The van der Waals surface area contributed by atoms with Crippen molar-refractivity contribution < 1.29 is 9.32 Å². The molecule has 6 nitrogen and oxygen atoms in total. The zero-order valence-corrected chi connectivity index (χ0v) is 19.5. The Morgan fingerprint density at radius 2 is 1.93 bits per heavy atom. The number of hydrogen-bond donors (Lipinski definition) is 1. The van der Waals surface area contributed by atoms with Crippen LogP contribution in [0.15, 0.2) is 10.6 Å². The minimum absolute atomic E-state index is 0. The normalized spacial score (nSPS) is 17.9. The average Bonchev–Trinajstić information content (AvgIpc) is 3.47. The van der Waals surface area contributed by atoms with Gasteiger partial charge in [-0.15, -0.1) is 12.4 Å². The minimum atomic E-state index is 0. The number of nitrogens with one attached hydrogen (secondary N) is 1. The van der Waals surface area contributed by atoms with Crippen molar-refractivity contribution in [3.63, 3.8) is 0 Å². The zero-order valence-electron chi connectivity index (χ0n) is 18.7. The molecule has 0 radical (unpaired) electrons. The number of carbonyl (C=O) groups is 1. The Hall–Kier alpha value is -1.66. The maximum Gasteiger partial charge on any atom is 0.259 e. The fourth-order valence-corrected chi connectivity index (χ4v) is 4.35. The first-order valence-electron chi connectivity index (χ1n) is 11.1. The number of halogens is 1. The van der Waals surface area contributed by atoms with E-state index in [1.54, 1.807) is 0 Å². The van der Waals surface area contributed by atoms with Gasteiger partial charge in [0.2, 0.25) is 0 Å². The number of amides is 1. The summed E-state index contributed by atoms with van der Waals surface area (Å²) in [5, 5.41) is 8.38. The zero-order chi connectivity index (χ0) is 20.6. The summed E-state index contributed by atoms with van der Waals surface area (Å²) in [7, 11) is 2.00. The van der Waals surface area contributed by atoms with Crippen LogP contribution in [0.25, 0.3) is 11.1 Å². The number of aromatic nitrogens is 2. The lowest BCUT2D eigenvalue weighted by Crippen LogP contribution is -2.39. The molecule has 2 aromatic heterocycles. The van der Waals surface area contributed by atoms with Crippen LogP contribution < -0.4 is 5.32 Å². The first-order valence-corrected chi connectivity index (χ1v) is 11.1. The van der Waals surface area contributed by atoms with Crippen LogP contribution in [0.3, 0.4) is 0 Å². The summed E-state index contributed by atoms with van der Waals surface area (Å²) in [5.74, 6) is 1.29. The molecule has 0 aromatic carbocycles. The number of carbonyl (C=O) groups excluding carboxylic acids is 1. The van der Waals surface area contributed by atoms with Crippen molar-refractivity contribution in [2.45, 2.75) is 65.2 Å². The van der Waals surface area contributed by atoms with Gasteiger partial charge in [0.05, 0.1) is 16.6 Å². The Kier molecular flexibility index (Phi) is 7.08. The summed E-state index contributed by atoms with van der Waals surface area (Å²) in [6.45, 7) is 9.24. The van der Waals surface area contributed by atoms with Gasteiger partial charge in [0.15, 0.2) is 0 Å². The van der Waals surface area contributed by atoms with Gasteiger partial charge < -0.3 is 14.7 Å². The van der Waals surface area contributed by atoms with Gasteiger partial charge in [-0.05, 0) is 69.5 Å². The Bertz CT molecular complexity index is 877. The molecule has 1 aliphatic heterocycles. The molecular formula is C23H35ClN4O2. The summed E-state index contributed by atoms with van der Waals surface area (Å²) in [6.07, 6.45) is 6.39. The van der Waals surface area contributed by atoms with Crippen LogP contribution in [0.2, 0.25) is 0 Å². The Morgan fingerprint density at radius 3 is 2.53 bits per heavy atom. The molecule has 1 amide bonds. The predicted molar refractivity (Wildman–Crippen MR) is 121 cm³/mol. The van der Waals surface area contributed by atoms with Crippen LogP contribution in [0.4, 0.5) is 0 Å². The van der Waals surface area contributed by atoms with Crippen LogP contribution in [0, 0.1) is 11.3 Å². The second-order valence-corrected chi connectivity index (χ2v) is 10.0. The van der Waals surface area contributed by atoms with Crippen molar-refractivity contribution in [2.75, 3.05) is 26.7 Å². The quantitative estimate of drug-likeness (QED) is 0.720. The summed E-state index contributed by atoms with van der Waals surface area (Å²) in [6, 6.07) is 2.03. The first-order chi connectivity index (χ1) is 13.9. The summed E-state index contributed by atoms with van der Waals surface area (Å²) in [4.78, 5) is 20.3. The van der Waals surface area contributed by atoms with Crippen LogP contribution >= 0.6 is 12.4 Å². The van der Waals surface area contributed by atoms with Crippen LogP contribution in [0.1, 0.15) is 80.5 Å². The number of rotatable bonds is 6. The van der Waals surface area contributed by atoms with Crippen LogP contribution in [-0.2, 0) is 6.42 Å². The molecule has 1 aliphatic carbocycles. The second kappa shape index (κ2) is 9.23. The Balaban J connectivity index is 0.00000256. The van der Waals surface area contributed by atoms with Gasteiger partial charge in [0.25, 0.3) is 11.6 Å². The van der Waals surface area contributed by atoms with Crippen molar-refractivity contribution in [1.29, 1.82) is 0 Å². The van der Waals surface area contributed by atoms with Gasteiger partial charge in [-0.2, -0.15) is 0 Å². The smallest absolute Gasteiger partial charge is 0.259 e. The molecule has 166 valence electrons. The molecule has 4 rings (SSSR count). The minimum Gasteiger partial charge on any atom is -0.339 e. The molecule has 1 saturated heterocycles. The molecule has 3 heterocycles. The van der Waals surface area contributed by atoms with Crippen molar-refractivity contribution in [1.82, 2.24) is 20.4 Å². The van der Waals surface area contributed by atoms with Gasteiger partial charge in [-0.25, -0.2) is 4.98 Å². The molecule has 0 unspecified atom stereocenters. The molecule has 7 heteroatoms. The molecule has 2 aromatic rings. The van der Waals surface area contributed by atoms with Crippen molar-refractivity contribution in [2.24, 2.45) is 11.3 Å². The number of piperidine rings is 1. The molecule has 2 fully saturated rings. The predicted octanol–water partition coefficient (Wildman–Crippen LogP) is 4.57. The lowest BCUT2D eigenvalue weighted by atomic mass is 9.88. The highest BCUT2D eigenvalue weighted by Crippen LogP contribution is 2.41. The summed E-state index contributed by atoms with van der Waals surface area (Å²) < 4.78 is 5.61. The van der Waals surface area contributed by atoms with Gasteiger partial charge >= 0.3 is 0 Å². The van der Waals surface area contributed by atoms with E-state index >= 15 is 0 Å². The molecule has 2 aliphatic rings. The lowest BCUT2D eigenvalue weighted by molar-refractivity contribution is 0.0689. The number of hydrogen-bond acceptors (Lipinski definition) is 5. The van der Waals surface area contributed by atoms with E-state index in [2.05, 4.69) is 31.2 Å². The molecule has 0 spiro atoms. The Labute approximate surface area is 185 Å². The molecule has 30 heavy (non-hydrogen) atoms. The number of nitrogens with zero attached hydrogens (tertiary/aromatic N) is 3. The lowest BCUT2D eigenvalue weighted by Gasteiger charge is -2.32. The fraction of sp³-hybridized carbons (Fsp3) is 0.696. The van der Waals surface area contributed by atoms with E-state index in [0.717, 1.165) is 74.1 Å². The van der Waals surface area contributed by atoms with E-state index in [-0.39, 0.29) is 23.7 Å². The highest BCUT2D eigenvalue weighted by molar-refractivity contribution is 6.06. The van der Waals surface area contributed by atoms with E-state index < -0.39 is 0 Å². The van der Waals surface area contributed by atoms with Crippen LogP contribution in [-0.4, -0.2) is 47.6 Å². The van der Waals surface area contributed by atoms with Gasteiger partial charge in [-0.1, -0.05) is 25.9 Å². The topological polar surface area (TPSA) is 71.3 Å². The maximum atomic E-state index is 13.6. The molecule has 1 N–H and O–H groups in total. The third-order valence-electron chi connectivity index (χ3n) is 6.17. The monoisotopic (exact) mass is 434 g/mol. The SMILES string of the molecule is CNCCC1CCN(C(=O)c2cc(C3CC3)nc3onc(CC(C)(C)C)c23)CC1.Cl. The summed E-state index contributed by atoms with van der Waals surface area (Å²) in [5.41, 5.74) is 3.18. The van der Waals surface area contributed by atoms with Crippen LogP contribution in [0.5, 0.6) is 0 Å². The largest absolute Gasteiger partial charge is 0.339 e. The Morgan fingerprint density at radius 1 is 1.23 bits per heavy atom. The van der Waals surface area contributed by atoms with Crippen molar-refractivity contribution >= 4 is 29.4 Å². The number of pyridine rings is 1. The maximum absolute atomic E-state index is 13.6. The number of fused-ring (bicyclic) bond motifs is 1. The third-order valence-corrected chi connectivity index (χ3v) is 6.17. The van der Waals surface area contributed by atoms with Gasteiger partial charge in [0.1, 0.15) is 0 Å². The highest BCUT2D eigenvalue weighted by atomic mass is 35.5. The molecule has 1 saturated carbocycles. The standard InChI is InChI=1S/C23H34N4O2.ClH/c1-23(2,3)14-19-20-17(13-18(16-5-6-16)25-21(20)29-26-19)22(28)27-11-8-15(9-12-27)7-10-24-4;/h13,15-16,24H,5-12,14H2,1-4H3;1H. The van der Waals surface area contributed by atoms with E-state index in [4.69, 9.17) is 9.51 Å². The molecule has 0 atom stereocenters.